The second kappa shape index (κ2) is 8.96. The average molecular weight is 521 g/mol. The van der Waals surface area contributed by atoms with Gasteiger partial charge in [0.05, 0.1) is 16.6 Å². The second-order valence-electron chi connectivity index (χ2n) is 11.1. The Morgan fingerprint density at radius 2 is 1.43 bits per heavy atom. The average Bonchev–Trinajstić information content (AvgIpc) is 3.50. The molecule has 2 aliphatic carbocycles. The van der Waals surface area contributed by atoms with Gasteiger partial charge >= 0.3 is 0 Å². The predicted molar refractivity (Wildman–Crippen MR) is 166 cm³/mol. The van der Waals surface area contributed by atoms with Crippen LogP contribution in [0.2, 0.25) is 0 Å². The van der Waals surface area contributed by atoms with Crippen LogP contribution in [-0.2, 0) is 6.42 Å². The summed E-state index contributed by atoms with van der Waals surface area (Å²) in [7, 11) is 0. The molecule has 40 heavy (non-hydrogen) atoms. The predicted octanol–water partition coefficient (Wildman–Crippen LogP) is 9.54. The van der Waals surface area contributed by atoms with Gasteiger partial charge in [-0.1, -0.05) is 72.3 Å². The summed E-state index contributed by atoms with van der Waals surface area (Å²) in [4.78, 5) is 0. The molecule has 0 spiro atoms. The largest absolute Gasteiger partial charge is 0.310 e. The van der Waals surface area contributed by atoms with Crippen LogP contribution in [0.15, 0.2) is 115 Å². The number of aryl methyl sites for hydroxylation is 1. The van der Waals surface area contributed by atoms with E-state index in [4.69, 9.17) is 0 Å². The van der Waals surface area contributed by atoms with Crippen molar-refractivity contribution < 1.29 is 4.39 Å². The number of rotatable bonds is 3. The summed E-state index contributed by atoms with van der Waals surface area (Å²) >= 11 is 0. The summed E-state index contributed by atoms with van der Waals surface area (Å²) in [6.45, 7) is 2.13. The van der Waals surface area contributed by atoms with Gasteiger partial charge in [0.2, 0.25) is 0 Å². The van der Waals surface area contributed by atoms with Gasteiger partial charge < -0.3 is 9.13 Å². The SMILES string of the molecule is Cc1ccc(-n2c3ccccc3c3cc(C4C=Cc5c(c6ccccc6n5C5=CCC(F)C=C5)C4)ccc32)cc1. The van der Waals surface area contributed by atoms with Crippen molar-refractivity contribution in [2.45, 2.75) is 31.9 Å². The molecule has 194 valence electrons. The van der Waals surface area contributed by atoms with Gasteiger partial charge in [-0.15, -0.1) is 0 Å². The number of para-hydroxylation sites is 2. The Balaban J connectivity index is 1.25. The molecule has 2 aliphatic rings. The van der Waals surface area contributed by atoms with Crippen LogP contribution >= 0.6 is 0 Å². The first-order chi connectivity index (χ1) is 19.7. The van der Waals surface area contributed by atoms with Crippen LogP contribution in [-0.4, -0.2) is 15.3 Å². The maximum absolute atomic E-state index is 13.9. The zero-order valence-corrected chi connectivity index (χ0v) is 22.4. The van der Waals surface area contributed by atoms with Gasteiger partial charge in [-0.05, 0) is 79.1 Å². The van der Waals surface area contributed by atoms with E-state index in [0.717, 1.165) is 12.1 Å². The van der Waals surface area contributed by atoms with Gasteiger partial charge in [-0.25, -0.2) is 4.39 Å². The molecule has 2 heterocycles. The Hall–Kier alpha value is -4.63. The number of allylic oxidation sites excluding steroid dienone is 5. The summed E-state index contributed by atoms with van der Waals surface area (Å²) in [6, 6.07) is 33.1. The van der Waals surface area contributed by atoms with Crippen LogP contribution in [0.25, 0.3) is 50.2 Å². The Bertz CT molecular complexity index is 2030. The molecule has 2 aromatic heterocycles. The van der Waals surface area contributed by atoms with Gasteiger partial charge in [-0.3, -0.25) is 0 Å². The van der Waals surface area contributed by atoms with Crippen molar-refractivity contribution in [3.05, 3.63) is 138 Å². The van der Waals surface area contributed by atoms with Crippen molar-refractivity contribution in [3.63, 3.8) is 0 Å². The monoisotopic (exact) mass is 520 g/mol. The molecular formula is C37H29FN2. The summed E-state index contributed by atoms with van der Waals surface area (Å²) in [5, 5.41) is 3.84. The molecule has 0 saturated carbocycles. The van der Waals surface area contributed by atoms with Crippen LogP contribution in [0.1, 0.15) is 34.7 Å². The minimum Gasteiger partial charge on any atom is -0.310 e. The van der Waals surface area contributed by atoms with E-state index >= 15 is 0 Å². The summed E-state index contributed by atoms with van der Waals surface area (Å²) in [5.41, 5.74) is 11.0. The number of nitrogens with zero attached hydrogens (tertiary/aromatic N) is 2. The van der Waals surface area contributed by atoms with Crippen LogP contribution in [0, 0.1) is 6.92 Å². The maximum atomic E-state index is 13.9. The number of aromatic nitrogens is 2. The number of fused-ring (bicyclic) bond motifs is 6. The molecule has 0 aliphatic heterocycles. The lowest BCUT2D eigenvalue weighted by atomic mass is 9.86. The van der Waals surface area contributed by atoms with Gasteiger partial charge in [0, 0.05) is 45.6 Å². The molecule has 2 nitrogen and oxygen atoms in total. The fourth-order valence-electron chi connectivity index (χ4n) is 6.66. The van der Waals surface area contributed by atoms with Crippen molar-refractivity contribution in [1.29, 1.82) is 0 Å². The first-order valence-corrected chi connectivity index (χ1v) is 14.1. The summed E-state index contributed by atoms with van der Waals surface area (Å²) < 4.78 is 18.5. The van der Waals surface area contributed by atoms with Crippen LogP contribution in [0.5, 0.6) is 0 Å². The fourth-order valence-corrected chi connectivity index (χ4v) is 6.66. The summed E-state index contributed by atoms with van der Waals surface area (Å²) in [5.74, 6) is 0.281. The highest BCUT2D eigenvalue weighted by Gasteiger charge is 2.25. The first kappa shape index (κ1) is 23.3. The first-order valence-electron chi connectivity index (χ1n) is 14.1. The molecule has 0 radical (unpaired) electrons. The Labute approximate surface area is 233 Å². The van der Waals surface area contributed by atoms with Crippen LogP contribution in [0.4, 0.5) is 4.39 Å². The molecule has 6 aromatic rings. The molecule has 8 rings (SSSR count). The Kier molecular flexibility index (Phi) is 5.21. The van der Waals surface area contributed by atoms with Crippen LogP contribution in [0.3, 0.4) is 0 Å². The quantitative estimate of drug-likeness (QED) is 0.220. The van der Waals surface area contributed by atoms with Crippen molar-refractivity contribution >= 4 is 44.5 Å². The smallest absolute Gasteiger partial charge is 0.122 e. The lowest BCUT2D eigenvalue weighted by Crippen LogP contribution is -2.09. The number of halogens is 1. The van der Waals surface area contributed by atoms with Crippen molar-refractivity contribution in [2.24, 2.45) is 0 Å². The molecule has 0 bridgehead atoms. The molecule has 4 aromatic carbocycles. The van der Waals surface area contributed by atoms with E-state index in [2.05, 4.69) is 119 Å². The van der Waals surface area contributed by atoms with E-state index in [1.54, 1.807) is 6.08 Å². The standard InChI is InChI=1S/C37H29FN2/c1-24-10-16-28(17-11-24)39-34-8-4-2-6-30(34)32-22-25(12-20-36(32)39)26-13-21-37-33(23-26)31-7-3-5-9-35(31)40(37)29-18-14-27(38)15-19-29/h2-14,16-22,26-27H,15,23H2,1H3. The van der Waals surface area contributed by atoms with E-state index in [1.165, 1.54) is 60.8 Å². The van der Waals surface area contributed by atoms with Gasteiger partial charge in [0.15, 0.2) is 0 Å². The highest BCUT2D eigenvalue weighted by molar-refractivity contribution is 6.09. The maximum Gasteiger partial charge on any atom is 0.122 e. The zero-order valence-electron chi connectivity index (χ0n) is 22.4. The number of hydrogen-bond acceptors (Lipinski definition) is 0. The Morgan fingerprint density at radius 1 is 0.700 bits per heavy atom. The van der Waals surface area contributed by atoms with E-state index in [0.29, 0.717) is 6.42 Å². The highest BCUT2D eigenvalue weighted by atomic mass is 19.1. The van der Waals surface area contributed by atoms with E-state index in [9.17, 15) is 4.39 Å². The second-order valence-corrected chi connectivity index (χ2v) is 11.1. The molecule has 3 heteroatoms. The van der Waals surface area contributed by atoms with Gasteiger partial charge in [0.25, 0.3) is 0 Å². The molecule has 0 saturated heterocycles. The van der Waals surface area contributed by atoms with Crippen molar-refractivity contribution in [3.8, 4) is 5.69 Å². The normalized spacial score (nSPS) is 18.5. The number of alkyl halides is 1. The Morgan fingerprint density at radius 3 is 2.20 bits per heavy atom. The molecule has 2 atom stereocenters. The fraction of sp³-hybridized carbons (Fsp3) is 0.135. The van der Waals surface area contributed by atoms with Gasteiger partial charge in [-0.2, -0.15) is 0 Å². The minimum atomic E-state index is -0.895. The van der Waals surface area contributed by atoms with E-state index < -0.39 is 6.17 Å². The molecule has 2 unspecified atom stereocenters. The van der Waals surface area contributed by atoms with Gasteiger partial charge in [0.1, 0.15) is 6.17 Å². The molecule has 0 amide bonds. The third kappa shape index (κ3) is 3.54. The lowest BCUT2D eigenvalue weighted by molar-refractivity contribution is 0.402. The topological polar surface area (TPSA) is 9.86 Å². The van der Waals surface area contributed by atoms with Crippen molar-refractivity contribution in [2.75, 3.05) is 0 Å². The zero-order chi connectivity index (χ0) is 26.8. The third-order valence-corrected chi connectivity index (χ3v) is 8.63. The molecule has 0 fully saturated rings. The van der Waals surface area contributed by atoms with Crippen LogP contribution < -0.4 is 0 Å². The summed E-state index contributed by atoms with van der Waals surface area (Å²) in [6.07, 6.45) is 10.7. The molecular weight excluding hydrogens is 491 g/mol. The number of benzene rings is 4. The highest BCUT2D eigenvalue weighted by Crippen LogP contribution is 2.41. The van der Waals surface area contributed by atoms with E-state index in [-0.39, 0.29) is 5.92 Å². The molecule has 0 N–H and O–H groups in total. The third-order valence-electron chi connectivity index (χ3n) is 8.63. The van der Waals surface area contributed by atoms with Crippen molar-refractivity contribution in [1.82, 2.24) is 9.13 Å². The number of hydrogen-bond donors (Lipinski definition) is 0. The lowest BCUT2D eigenvalue weighted by Gasteiger charge is -2.21. The van der Waals surface area contributed by atoms with E-state index in [1.807, 2.05) is 12.2 Å². The minimum absolute atomic E-state index is 0.281.